The Morgan fingerprint density at radius 3 is 2.55 bits per heavy atom. The van der Waals surface area contributed by atoms with Crippen LogP contribution in [0.5, 0.6) is 0 Å². The molecule has 2 aromatic rings. The molecule has 2 aliphatic rings. The van der Waals surface area contributed by atoms with Gasteiger partial charge in [-0.2, -0.15) is 0 Å². The number of furan rings is 1. The minimum atomic E-state index is -0.930. The summed E-state index contributed by atoms with van der Waals surface area (Å²) < 4.78 is 45.0. The van der Waals surface area contributed by atoms with Crippen molar-refractivity contribution in [3.8, 4) is 0 Å². The minimum absolute atomic E-state index is 0.0256. The maximum absolute atomic E-state index is 15.1. The van der Waals surface area contributed by atoms with Gasteiger partial charge in [0.15, 0.2) is 29.4 Å². The van der Waals surface area contributed by atoms with Crippen LogP contribution in [0.3, 0.4) is 0 Å². The van der Waals surface area contributed by atoms with Crippen molar-refractivity contribution in [1.82, 2.24) is 10.4 Å². The minimum Gasteiger partial charge on any atom is -0.462 e. The first kappa shape index (κ1) is 26.7. The van der Waals surface area contributed by atoms with Crippen molar-refractivity contribution in [1.29, 1.82) is 0 Å². The summed E-state index contributed by atoms with van der Waals surface area (Å²) in [5.74, 6) is -3.64. The van der Waals surface area contributed by atoms with Crippen LogP contribution < -0.4 is 20.9 Å². The van der Waals surface area contributed by atoms with Gasteiger partial charge in [-0.15, -0.1) is 0 Å². The third kappa shape index (κ3) is 6.11. The van der Waals surface area contributed by atoms with Crippen molar-refractivity contribution in [3.05, 3.63) is 41.7 Å². The van der Waals surface area contributed by atoms with E-state index in [2.05, 4.69) is 5.32 Å². The van der Waals surface area contributed by atoms with Crippen molar-refractivity contribution >= 4 is 41.1 Å². The first-order chi connectivity index (χ1) is 18.1. The lowest BCUT2D eigenvalue weighted by Gasteiger charge is -2.24. The van der Waals surface area contributed by atoms with E-state index in [1.165, 1.54) is 24.0 Å². The second kappa shape index (κ2) is 11.3. The first-order valence-electron chi connectivity index (χ1n) is 11.5. The molecule has 2 saturated heterocycles. The van der Waals surface area contributed by atoms with E-state index in [0.29, 0.717) is 0 Å². The molecule has 3 amide bonds. The number of nitrogens with two attached hydrogens (primary N) is 1. The normalized spacial score (nSPS) is 17.7. The van der Waals surface area contributed by atoms with Gasteiger partial charge in [0.2, 0.25) is 0 Å². The molecule has 0 aliphatic carbocycles. The number of nitrogens with zero attached hydrogens (tertiary/aromatic N) is 3. The lowest BCUT2D eigenvalue weighted by molar-refractivity contribution is -0.180. The molecule has 3 heterocycles. The summed E-state index contributed by atoms with van der Waals surface area (Å²) in [4.78, 5) is 55.5. The fourth-order valence-electron chi connectivity index (χ4n) is 3.92. The van der Waals surface area contributed by atoms with Crippen LogP contribution >= 0.6 is 0 Å². The molecular weight excluding hydrogens is 512 g/mol. The van der Waals surface area contributed by atoms with Gasteiger partial charge < -0.3 is 29.8 Å². The lowest BCUT2D eigenvalue weighted by atomic mass is 10.2. The molecule has 1 aromatic heterocycles. The van der Waals surface area contributed by atoms with Crippen molar-refractivity contribution in [3.63, 3.8) is 0 Å². The van der Waals surface area contributed by atoms with Gasteiger partial charge in [-0.25, -0.2) is 18.6 Å². The van der Waals surface area contributed by atoms with Crippen molar-refractivity contribution in [2.45, 2.75) is 13.0 Å². The van der Waals surface area contributed by atoms with Crippen LogP contribution in [-0.2, 0) is 23.9 Å². The summed E-state index contributed by atoms with van der Waals surface area (Å²) in [6, 6.07) is 4.75. The zero-order valence-corrected chi connectivity index (χ0v) is 20.3. The molecule has 2 aliphatic heterocycles. The Morgan fingerprint density at radius 2 is 1.89 bits per heavy atom. The highest BCUT2D eigenvalue weighted by atomic mass is 19.1. The van der Waals surface area contributed by atoms with Gasteiger partial charge in [0.05, 0.1) is 31.9 Å². The number of amides is 3. The number of halogens is 2. The summed E-state index contributed by atoms with van der Waals surface area (Å²) >= 11 is 0. The van der Waals surface area contributed by atoms with Gasteiger partial charge in [-0.3, -0.25) is 24.1 Å². The molecule has 38 heavy (non-hydrogen) atoms. The summed E-state index contributed by atoms with van der Waals surface area (Å²) in [7, 11) is 0. The summed E-state index contributed by atoms with van der Waals surface area (Å²) in [6.45, 7) is 0.556. The summed E-state index contributed by atoms with van der Waals surface area (Å²) in [5.41, 5.74) is 5.02. The third-order valence-corrected chi connectivity index (χ3v) is 5.69. The molecule has 1 atom stereocenters. The zero-order chi connectivity index (χ0) is 27.4. The molecule has 0 spiro atoms. The molecule has 2 fully saturated rings. The van der Waals surface area contributed by atoms with Gasteiger partial charge in [0.1, 0.15) is 12.3 Å². The molecule has 3 N–H and O–H groups in total. The van der Waals surface area contributed by atoms with E-state index >= 15 is 8.78 Å². The van der Waals surface area contributed by atoms with Crippen molar-refractivity contribution < 1.29 is 46.7 Å². The quantitative estimate of drug-likeness (QED) is 0.489. The maximum atomic E-state index is 15.1. The smallest absolute Gasteiger partial charge is 0.414 e. The molecular formula is C23H25F2N5O8. The molecule has 0 unspecified atom stereocenters. The van der Waals surface area contributed by atoms with Gasteiger partial charge in [0.25, 0.3) is 11.8 Å². The SMILES string of the molecule is CC(=O)OC[C@H]1CN(c2cc(F)c(N3CCON(C(=O)CNC(=O)c4ccc(N)o4)CC3)c(F)c2)C(=O)O1. The fourth-order valence-corrected chi connectivity index (χ4v) is 3.92. The van der Waals surface area contributed by atoms with Crippen LogP contribution in [-0.4, -0.2) is 81.0 Å². The van der Waals surface area contributed by atoms with Crippen molar-refractivity contribution in [2.75, 3.05) is 61.5 Å². The monoisotopic (exact) mass is 537 g/mol. The van der Waals surface area contributed by atoms with Crippen LogP contribution in [0.25, 0.3) is 0 Å². The average molecular weight is 537 g/mol. The van der Waals surface area contributed by atoms with E-state index in [1.54, 1.807) is 0 Å². The number of hydrogen-bond acceptors (Lipinski definition) is 10. The van der Waals surface area contributed by atoms with Crippen LogP contribution in [0.15, 0.2) is 28.7 Å². The van der Waals surface area contributed by atoms with Gasteiger partial charge in [-0.1, -0.05) is 0 Å². The Bertz CT molecular complexity index is 1220. The van der Waals surface area contributed by atoms with Gasteiger partial charge >= 0.3 is 12.1 Å². The van der Waals surface area contributed by atoms with Crippen LogP contribution in [0.2, 0.25) is 0 Å². The first-order valence-corrected chi connectivity index (χ1v) is 11.5. The highest BCUT2D eigenvalue weighted by Gasteiger charge is 2.34. The molecule has 0 saturated carbocycles. The number of carbonyl (C=O) groups is 4. The number of carbonyl (C=O) groups excluding carboxylic acids is 4. The third-order valence-electron chi connectivity index (χ3n) is 5.69. The van der Waals surface area contributed by atoms with Gasteiger partial charge in [-0.05, 0) is 6.07 Å². The Balaban J connectivity index is 1.36. The highest BCUT2D eigenvalue weighted by molar-refractivity contribution is 5.94. The second-order valence-electron chi connectivity index (χ2n) is 8.38. The van der Waals surface area contributed by atoms with Crippen molar-refractivity contribution in [2.24, 2.45) is 0 Å². The van der Waals surface area contributed by atoms with E-state index < -0.39 is 48.2 Å². The predicted octanol–water partition coefficient (Wildman–Crippen LogP) is 1.04. The Hall–Kier alpha value is -4.40. The second-order valence-corrected chi connectivity index (χ2v) is 8.38. The van der Waals surface area contributed by atoms with E-state index in [9.17, 15) is 19.2 Å². The molecule has 0 bridgehead atoms. The number of hydrogen-bond donors (Lipinski definition) is 2. The van der Waals surface area contributed by atoms with Crippen LogP contribution in [0.4, 0.5) is 30.8 Å². The highest BCUT2D eigenvalue weighted by Crippen LogP contribution is 2.31. The molecule has 4 rings (SSSR count). The maximum Gasteiger partial charge on any atom is 0.414 e. The van der Waals surface area contributed by atoms with Crippen LogP contribution in [0.1, 0.15) is 17.5 Å². The topological polar surface area (TPSA) is 157 Å². The average Bonchev–Trinajstić information content (AvgIpc) is 3.38. The summed E-state index contributed by atoms with van der Waals surface area (Å²) in [6.07, 6.45) is -1.60. The zero-order valence-electron chi connectivity index (χ0n) is 20.3. The number of rotatable bonds is 7. The standard InChI is InChI=1S/C23H25F2N5O8/c1-13(31)35-12-15-11-29(23(34)37-15)14-8-16(24)21(17(25)9-14)28-4-5-30(36-7-6-28)20(32)10-27-22(33)18-2-3-19(26)38-18/h2-3,8-9,15H,4-7,10-12,26H2,1H3,(H,27,33)/t15-/m1/s1. The number of nitrogens with one attached hydrogen (secondary N) is 1. The molecule has 1 aromatic carbocycles. The number of ether oxygens (including phenoxy) is 2. The molecule has 15 heteroatoms. The molecule has 13 nitrogen and oxygen atoms in total. The van der Waals surface area contributed by atoms with Gasteiger partial charge in [0, 0.05) is 38.2 Å². The summed E-state index contributed by atoms with van der Waals surface area (Å²) in [5, 5.41) is 3.39. The number of nitrogen functional groups attached to an aromatic ring is 1. The number of anilines is 3. The van der Waals surface area contributed by atoms with Crippen LogP contribution in [0, 0.1) is 11.6 Å². The van der Waals surface area contributed by atoms with E-state index in [0.717, 1.165) is 22.1 Å². The number of benzene rings is 1. The van der Waals surface area contributed by atoms with E-state index in [4.69, 9.17) is 24.5 Å². The van der Waals surface area contributed by atoms with E-state index in [1.807, 2.05) is 0 Å². The fraction of sp³-hybridized carbons (Fsp3) is 0.391. The largest absolute Gasteiger partial charge is 0.462 e. The molecule has 204 valence electrons. The number of hydroxylamine groups is 2. The molecule has 0 radical (unpaired) electrons. The Labute approximate surface area is 214 Å². The Kier molecular flexibility index (Phi) is 7.95. The predicted molar refractivity (Wildman–Crippen MR) is 126 cm³/mol. The number of esters is 1. The number of cyclic esters (lactones) is 1. The Morgan fingerprint density at radius 1 is 1.16 bits per heavy atom. The van der Waals surface area contributed by atoms with E-state index in [-0.39, 0.29) is 62.4 Å². The lowest BCUT2D eigenvalue weighted by Crippen LogP contribution is -2.41.